The molecular weight excluding hydrogens is 396 g/mol. The molecule has 0 bridgehead atoms. The van der Waals surface area contributed by atoms with Crippen molar-refractivity contribution in [3.8, 4) is 0 Å². The Morgan fingerprint density at radius 1 is 1.12 bits per heavy atom. The number of amides is 2. The number of aromatic nitrogens is 1. The topological polar surface area (TPSA) is 74.3 Å². The van der Waals surface area contributed by atoms with Crippen LogP contribution in [0, 0.1) is 6.92 Å². The molecule has 0 spiro atoms. The standard InChI is InChI=1S/C19H23BrN4O2/c1-4-14-7-5-6-13(2)19(14)23-18(26)12-24(3)11-17(25)22-16-9-8-15(20)10-21-16/h5-10H,4,11-12H2,1-3H3,(H,23,26)(H,21,22,25). The first-order chi connectivity index (χ1) is 12.4. The lowest BCUT2D eigenvalue weighted by molar-refractivity contribution is -0.119. The monoisotopic (exact) mass is 418 g/mol. The van der Waals surface area contributed by atoms with Crippen molar-refractivity contribution in [2.75, 3.05) is 30.8 Å². The number of halogens is 1. The highest BCUT2D eigenvalue weighted by Gasteiger charge is 2.13. The zero-order valence-electron chi connectivity index (χ0n) is 15.2. The van der Waals surface area contributed by atoms with Gasteiger partial charge in [-0.2, -0.15) is 0 Å². The van der Waals surface area contributed by atoms with E-state index in [1.165, 1.54) is 0 Å². The number of aryl methyl sites for hydroxylation is 2. The molecule has 26 heavy (non-hydrogen) atoms. The molecule has 0 aliphatic carbocycles. The highest BCUT2D eigenvalue weighted by atomic mass is 79.9. The normalized spacial score (nSPS) is 10.7. The molecule has 138 valence electrons. The molecule has 1 aromatic heterocycles. The molecule has 0 aliphatic heterocycles. The molecular formula is C19H23BrN4O2. The number of hydrogen-bond donors (Lipinski definition) is 2. The number of nitrogens with zero attached hydrogens (tertiary/aromatic N) is 2. The van der Waals surface area contributed by atoms with E-state index >= 15 is 0 Å². The summed E-state index contributed by atoms with van der Waals surface area (Å²) >= 11 is 3.29. The zero-order chi connectivity index (χ0) is 19.1. The smallest absolute Gasteiger partial charge is 0.239 e. The predicted octanol–water partition coefficient (Wildman–Crippen LogP) is 3.22. The number of hydrogen-bond acceptors (Lipinski definition) is 4. The van der Waals surface area contributed by atoms with Gasteiger partial charge in [-0.3, -0.25) is 14.5 Å². The van der Waals surface area contributed by atoms with Gasteiger partial charge in [-0.25, -0.2) is 4.98 Å². The Balaban J connectivity index is 1.87. The SMILES string of the molecule is CCc1cccc(C)c1NC(=O)CN(C)CC(=O)Nc1ccc(Br)cn1. The van der Waals surface area contributed by atoms with Gasteiger partial charge in [0.05, 0.1) is 13.1 Å². The van der Waals surface area contributed by atoms with Crippen LogP contribution >= 0.6 is 15.9 Å². The van der Waals surface area contributed by atoms with Crippen molar-refractivity contribution in [1.82, 2.24) is 9.88 Å². The number of benzene rings is 1. The number of carbonyl (C=O) groups excluding carboxylic acids is 2. The first-order valence-corrected chi connectivity index (χ1v) is 9.16. The Hall–Kier alpha value is -2.25. The maximum atomic E-state index is 12.3. The maximum Gasteiger partial charge on any atom is 0.239 e. The minimum atomic E-state index is -0.222. The third-order valence-corrected chi connectivity index (χ3v) is 4.30. The number of carbonyl (C=O) groups is 2. The lowest BCUT2D eigenvalue weighted by Crippen LogP contribution is -2.36. The summed E-state index contributed by atoms with van der Waals surface area (Å²) in [7, 11) is 1.73. The number of nitrogens with one attached hydrogen (secondary N) is 2. The van der Waals surface area contributed by atoms with Crippen LogP contribution in [-0.4, -0.2) is 41.8 Å². The number of pyridine rings is 1. The zero-order valence-corrected chi connectivity index (χ0v) is 16.8. The third kappa shape index (κ3) is 5.93. The van der Waals surface area contributed by atoms with Crippen molar-refractivity contribution >= 4 is 39.2 Å². The summed E-state index contributed by atoms with van der Waals surface area (Å²) in [6, 6.07) is 9.46. The van der Waals surface area contributed by atoms with Gasteiger partial charge >= 0.3 is 0 Å². The summed E-state index contributed by atoms with van der Waals surface area (Å²) in [5, 5.41) is 5.67. The van der Waals surface area contributed by atoms with Crippen molar-refractivity contribution in [3.63, 3.8) is 0 Å². The van der Waals surface area contributed by atoms with E-state index in [2.05, 4.69) is 38.5 Å². The van der Waals surface area contributed by atoms with E-state index in [9.17, 15) is 9.59 Å². The average molecular weight is 419 g/mol. The van der Waals surface area contributed by atoms with Gasteiger partial charge < -0.3 is 10.6 Å². The molecule has 0 unspecified atom stereocenters. The molecule has 1 aromatic carbocycles. The second-order valence-electron chi connectivity index (χ2n) is 6.09. The fourth-order valence-electron chi connectivity index (χ4n) is 2.56. The maximum absolute atomic E-state index is 12.3. The molecule has 2 aromatic rings. The van der Waals surface area contributed by atoms with Gasteiger partial charge in [0.15, 0.2) is 0 Å². The first-order valence-electron chi connectivity index (χ1n) is 8.37. The van der Waals surface area contributed by atoms with Gasteiger partial charge in [0.2, 0.25) is 11.8 Å². The van der Waals surface area contributed by atoms with Gasteiger partial charge in [0, 0.05) is 16.4 Å². The minimum absolute atomic E-state index is 0.0968. The Bertz CT molecular complexity index is 778. The number of rotatable bonds is 7. The van der Waals surface area contributed by atoms with Crippen LogP contribution in [0.5, 0.6) is 0 Å². The Morgan fingerprint density at radius 2 is 1.81 bits per heavy atom. The quantitative estimate of drug-likeness (QED) is 0.723. The van der Waals surface area contributed by atoms with Crippen LogP contribution in [0.2, 0.25) is 0 Å². The Labute approximate surface area is 162 Å². The summed E-state index contributed by atoms with van der Waals surface area (Å²) in [6.07, 6.45) is 2.45. The minimum Gasteiger partial charge on any atom is -0.324 e. The molecule has 6 nitrogen and oxygen atoms in total. The molecule has 0 aliphatic rings. The molecule has 0 fully saturated rings. The van der Waals surface area contributed by atoms with Gasteiger partial charge in [-0.15, -0.1) is 0 Å². The van der Waals surface area contributed by atoms with Crippen LogP contribution in [0.25, 0.3) is 0 Å². The van der Waals surface area contributed by atoms with E-state index in [1.807, 2.05) is 25.1 Å². The number of para-hydroxylation sites is 1. The lowest BCUT2D eigenvalue weighted by Gasteiger charge is -2.18. The van der Waals surface area contributed by atoms with Crippen LogP contribution in [0.1, 0.15) is 18.1 Å². The molecule has 0 saturated heterocycles. The van der Waals surface area contributed by atoms with Gasteiger partial charge in [0.25, 0.3) is 0 Å². The fraction of sp³-hybridized carbons (Fsp3) is 0.316. The number of anilines is 2. The van der Waals surface area contributed by atoms with E-state index in [0.29, 0.717) is 5.82 Å². The van der Waals surface area contributed by atoms with Crippen LogP contribution in [-0.2, 0) is 16.0 Å². The van der Waals surface area contributed by atoms with Crippen molar-refractivity contribution in [3.05, 3.63) is 52.1 Å². The highest BCUT2D eigenvalue weighted by Crippen LogP contribution is 2.20. The third-order valence-electron chi connectivity index (χ3n) is 3.83. The van der Waals surface area contributed by atoms with E-state index in [4.69, 9.17) is 0 Å². The number of likely N-dealkylation sites (N-methyl/N-ethyl adjacent to an activating group) is 1. The van der Waals surface area contributed by atoms with Crippen molar-refractivity contribution in [1.29, 1.82) is 0 Å². The van der Waals surface area contributed by atoms with E-state index in [1.54, 1.807) is 30.3 Å². The fourth-order valence-corrected chi connectivity index (χ4v) is 2.79. The molecule has 2 amide bonds. The summed E-state index contributed by atoms with van der Waals surface area (Å²) in [4.78, 5) is 30.1. The lowest BCUT2D eigenvalue weighted by atomic mass is 10.1. The predicted molar refractivity (Wildman–Crippen MR) is 107 cm³/mol. The van der Waals surface area contributed by atoms with E-state index < -0.39 is 0 Å². The van der Waals surface area contributed by atoms with Crippen molar-refractivity contribution in [2.45, 2.75) is 20.3 Å². The molecule has 0 saturated carbocycles. The highest BCUT2D eigenvalue weighted by molar-refractivity contribution is 9.10. The molecule has 1 heterocycles. The van der Waals surface area contributed by atoms with Gasteiger partial charge in [-0.05, 0) is 59.6 Å². The molecule has 2 rings (SSSR count). The summed E-state index contributed by atoms with van der Waals surface area (Å²) < 4.78 is 0.840. The molecule has 0 radical (unpaired) electrons. The van der Waals surface area contributed by atoms with Crippen LogP contribution in [0.15, 0.2) is 41.0 Å². The van der Waals surface area contributed by atoms with E-state index in [0.717, 1.165) is 27.7 Å². The van der Waals surface area contributed by atoms with Crippen molar-refractivity contribution in [2.24, 2.45) is 0 Å². The molecule has 2 N–H and O–H groups in total. The molecule has 7 heteroatoms. The summed E-state index contributed by atoms with van der Waals surface area (Å²) in [5.74, 6) is 0.106. The van der Waals surface area contributed by atoms with Crippen molar-refractivity contribution < 1.29 is 9.59 Å². The van der Waals surface area contributed by atoms with E-state index in [-0.39, 0.29) is 24.9 Å². The Morgan fingerprint density at radius 3 is 2.42 bits per heavy atom. The second-order valence-corrected chi connectivity index (χ2v) is 7.01. The summed E-state index contributed by atoms with van der Waals surface area (Å²) in [5.41, 5.74) is 2.98. The average Bonchev–Trinajstić information content (AvgIpc) is 2.58. The first kappa shape index (κ1) is 20.1. The Kier molecular flexibility index (Phi) is 7.29. The van der Waals surface area contributed by atoms with Crippen LogP contribution in [0.3, 0.4) is 0 Å². The molecule has 0 atom stereocenters. The van der Waals surface area contributed by atoms with Crippen LogP contribution < -0.4 is 10.6 Å². The van der Waals surface area contributed by atoms with Crippen LogP contribution in [0.4, 0.5) is 11.5 Å². The largest absolute Gasteiger partial charge is 0.324 e. The summed E-state index contributed by atoms with van der Waals surface area (Å²) in [6.45, 7) is 4.24. The van der Waals surface area contributed by atoms with Gasteiger partial charge in [-0.1, -0.05) is 25.1 Å². The van der Waals surface area contributed by atoms with Gasteiger partial charge in [0.1, 0.15) is 5.82 Å². The second kappa shape index (κ2) is 9.45.